The van der Waals surface area contributed by atoms with Crippen LogP contribution in [0.5, 0.6) is 0 Å². The molecule has 0 radical (unpaired) electrons. The Morgan fingerprint density at radius 2 is 1.10 bits per heavy atom. The Morgan fingerprint density at radius 3 is 1.48 bits per heavy atom. The molecule has 1 heterocycles. The lowest BCUT2D eigenvalue weighted by atomic mass is 10.0. The first-order chi connectivity index (χ1) is 14.2. The lowest BCUT2D eigenvalue weighted by Crippen LogP contribution is -2.36. The molecule has 1 fully saturated rings. The fourth-order valence-electron chi connectivity index (χ4n) is 3.81. The Morgan fingerprint density at radius 1 is 0.690 bits per heavy atom. The summed E-state index contributed by atoms with van der Waals surface area (Å²) in [6.07, 6.45) is 22.1. The molecule has 0 bridgehead atoms. The van der Waals surface area contributed by atoms with Crippen molar-refractivity contribution in [3.63, 3.8) is 0 Å². The van der Waals surface area contributed by atoms with Gasteiger partial charge in [-0.25, -0.2) is 0 Å². The van der Waals surface area contributed by atoms with Gasteiger partial charge in [0.15, 0.2) is 0 Å². The van der Waals surface area contributed by atoms with Crippen molar-refractivity contribution >= 4 is 5.91 Å². The van der Waals surface area contributed by atoms with Gasteiger partial charge in [0.05, 0.1) is 13.2 Å². The summed E-state index contributed by atoms with van der Waals surface area (Å²) in [6, 6.07) is 0. The second-order valence-electron chi connectivity index (χ2n) is 8.62. The number of carbonyl (C=O) groups excluding carboxylic acids is 1. The van der Waals surface area contributed by atoms with E-state index >= 15 is 0 Å². The number of unbranched alkanes of at least 4 members (excludes halogenated alkanes) is 14. The predicted octanol–water partition coefficient (Wildman–Crippen LogP) is 6.46. The molecule has 2 N–H and O–H groups in total. The van der Waals surface area contributed by atoms with Crippen molar-refractivity contribution in [1.82, 2.24) is 4.90 Å². The number of nitrogens with two attached hydrogens (primary N) is 1. The Hall–Kier alpha value is -0.610. The van der Waals surface area contributed by atoms with E-state index in [2.05, 4.69) is 18.7 Å². The van der Waals surface area contributed by atoms with Crippen LogP contribution in [-0.4, -0.2) is 43.7 Å². The Bertz CT molecular complexity index is 328. The van der Waals surface area contributed by atoms with E-state index in [1.807, 2.05) is 0 Å². The molecule has 0 aromatic carbocycles. The fraction of sp³-hybridized carbons (Fsp3) is 0.960. The molecule has 0 spiro atoms. The molecule has 4 heteroatoms. The molecule has 0 aromatic rings. The maximum absolute atomic E-state index is 10.6. The zero-order valence-corrected chi connectivity index (χ0v) is 19.9. The number of rotatable bonds is 18. The van der Waals surface area contributed by atoms with E-state index in [4.69, 9.17) is 10.5 Å². The SMILES string of the molecule is CCCCCCCCCCCCCCCCCC(N)=O.CCCN1CCOCC1. The van der Waals surface area contributed by atoms with Gasteiger partial charge in [0.1, 0.15) is 0 Å². The summed E-state index contributed by atoms with van der Waals surface area (Å²) in [4.78, 5) is 13.0. The summed E-state index contributed by atoms with van der Waals surface area (Å²) in [5, 5.41) is 0. The number of ether oxygens (including phenoxy) is 1. The predicted molar refractivity (Wildman–Crippen MR) is 126 cm³/mol. The first-order valence-electron chi connectivity index (χ1n) is 12.8. The summed E-state index contributed by atoms with van der Waals surface area (Å²) >= 11 is 0. The minimum atomic E-state index is -0.153. The molecule has 0 unspecified atom stereocenters. The largest absolute Gasteiger partial charge is 0.379 e. The molecule has 1 rings (SSSR count). The standard InChI is InChI=1S/C18H37NO.C7H15NO/c1-2-3-4-5-6-7-8-9-10-11-12-13-14-15-16-17-18(19)20;1-2-3-8-4-6-9-7-5-8/h2-17H2,1H3,(H2,19,20);2-7H2,1H3. The molecular weight excluding hydrogens is 360 g/mol. The van der Waals surface area contributed by atoms with Crippen molar-refractivity contribution < 1.29 is 9.53 Å². The van der Waals surface area contributed by atoms with E-state index in [0.717, 1.165) is 32.7 Å². The number of morpholine rings is 1. The van der Waals surface area contributed by atoms with Gasteiger partial charge in [0, 0.05) is 19.5 Å². The summed E-state index contributed by atoms with van der Waals surface area (Å²) in [5.41, 5.74) is 5.11. The number of amides is 1. The van der Waals surface area contributed by atoms with Crippen molar-refractivity contribution in [2.75, 3.05) is 32.8 Å². The third-order valence-corrected chi connectivity index (χ3v) is 5.67. The number of carbonyl (C=O) groups is 1. The Balaban J connectivity index is 0.000000717. The summed E-state index contributed by atoms with van der Waals surface area (Å²) in [5.74, 6) is -0.153. The summed E-state index contributed by atoms with van der Waals surface area (Å²) in [7, 11) is 0. The molecule has 1 saturated heterocycles. The van der Waals surface area contributed by atoms with Crippen molar-refractivity contribution in [3.05, 3.63) is 0 Å². The average Bonchev–Trinajstić information content (AvgIpc) is 2.72. The van der Waals surface area contributed by atoms with Crippen LogP contribution in [0.2, 0.25) is 0 Å². The molecule has 0 aliphatic carbocycles. The Kier molecular flexibility index (Phi) is 23.2. The normalized spacial score (nSPS) is 14.4. The zero-order valence-electron chi connectivity index (χ0n) is 19.9. The molecule has 0 aromatic heterocycles. The van der Waals surface area contributed by atoms with Gasteiger partial charge in [-0.05, 0) is 19.4 Å². The molecule has 174 valence electrons. The molecule has 0 atom stereocenters. The molecule has 1 amide bonds. The quantitative estimate of drug-likeness (QED) is 0.263. The minimum absolute atomic E-state index is 0.153. The smallest absolute Gasteiger partial charge is 0.217 e. The summed E-state index contributed by atoms with van der Waals surface area (Å²) < 4.78 is 5.20. The van der Waals surface area contributed by atoms with Crippen LogP contribution in [0.1, 0.15) is 123 Å². The zero-order chi connectivity index (χ0) is 21.4. The van der Waals surface area contributed by atoms with Crippen LogP contribution in [0, 0.1) is 0 Å². The van der Waals surface area contributed by atoms with Crippen LogP contribution in [-0.2, 0) is 9.53 Å². The molecular formula is C25H52N2O2. The van der Waals surface area contributed by atoms with Crippen molar-refractivity contribution in [2.45, 2.75) is 123 Å². The Labute approximate surface area is 182 Å². The molecule has 1 aliphatic rings. The van der Waals surface area contributed by atoms with E-state index < -0.39 is 0 Å². The lowest BCUT2D eigenvalue weighted by molar-refractivity contribution is -0.118. The second-order valence-corrected chi connectivity index (χ2v) is 8.62. The monoisotopic (exact) mass is 412 g/mol. The maximum atomic E-state index is 10.6. The fourth-order valence-corrected chi connectivity index (χ4v) is 3.81. The van der Waals surface area contributed by atoms with Crippen molar-refractivity contribution in [3.8, 4) is 0 Å². The van der Waals surface area contributed by atoms with Gasteiger partial charge in [-0.3, -0.25) is 9.69 Å². The molecule has 1 aliphatic heterocycles. The maximum Gasteiger partial charge on any atom is 0.217 e. The third kappa shape index (κ3) is 23.5. The number of hydrogen-bond acceptors (Lipinski definition) is 3. The number of nitrogens with zero attached hydrogens (tertiary/aromatic N) is 1. The highest BCUT2D eigenvalue weighted by molar-refractivity contribution is 5.73. The van der Waals surface area contributed by atoms with E-state index in [1.165, 1.54) is 103 Å². The third-order valence-electron chi connectivity index (χ3n) is 5.67. The average molecular weight is 413 g/mol. The van der Waals surface area contributed by atoms with E-state index in [-0.39, 0.29) is 5.91 Å². The second kappa shape index (κ2) is 23.7. The van der Waals surface area contributed by atoms with E-state index in [0.29, 0.717) is 6.42 Å². The van der Waals surface area contributed by atoms with Crippen LogP contribution in [0.3, 0.4) is 0 Å². The van der Waals surface area contributed by atoms with Crippen LogP contribution >= 0.6 is 0 Å². The van der Waals surface area contributed by atoms with Gasteiger partial charge in [0.25, 0.3) is 0 Å². The van der Waals surface area contributed by atoms with Gasteiger partial charge >= 0.3 is 0 Å². The van der Waals surface area contributed by atoms with Crippen LogP contribution in [0.4, 0.5) is 0 Å². The topological polar surface area (TPSA) is 55.6 Å². The minimum Gasteiger partial charge on any atom is -0.379 e. The first-order valence-corrected chi connectivity index (χ1v) is 12.8. The lowest BCUT2D eigenvalue weighted by Gasteiger charge is -2.25. The molecule has 0 saturated carbocycles. The van der Waals surface area contributed by atoms with Gasteiger partial charge in [-0.15, -0.1) is 0 Å². The summed E-state index contributed by atoms with van der Waals surface area (Å²) in [6.45, 7) is 9.86. The highest BCUT2D eigenvalue weighted by Gasteiger charge is 2.07. The van der Waals surface area contributed by atoms with Gasteiger partial charge in [0.2, 0.25) is 5.91 Å². The van der Waals surface area contributed by atoms with Gasteiger partial charge in [-0.1, -0.05) is 104 Å². The van der Waals surface area contributed by atoms with Crippen molar-refractivity contribution in [2.24, 2.45) is 5.73 Å². The molecule has 29 heavy (non-hydrogen) atoms. The van der Waals surface area contributed by atoms with Gasteiger partial charge < -0.3 is 10.5 Å². The first kappa shape index (κ1) is 28.4. The van der Waals surface area contributed by atoms with Gasteiger partial charge in [-0.2, -0.15) is 0 Å². The molecule has 4 nitrogen and oxygen atoms in total. The van der Waals surface area contributed by atoms with Crippen LogP contribution in [0.15, 0.2) is 0 Å². The van der Waals surface area contributed by atoms with E-state index in [1.54, 1.807) is 0 Å². The number of primary amides is 1. The highest BCUT2D eigenvalue weighted by atomic mass is 16.5. The van der Waals surface area contributed by atoms with Crippen LogP contribution in [0.25, 0.3) is 0 Å². The van der Waals surface area contributed by atoms with Crippen LogP contribution < -0.4 is 5.73 Å². The highest BCUT2D eigenvalue weighted by Crippen LogP contribution is 2.13. The van der Waals surface area contributed by atoms with Crippen molar-refractivity contribution in [1.29, 1.82) is 0 Å². The van der Waals surface area contributed by atoms with E-state index in [9.17, 15) is 4.79 Å². The number of hydrogen-bond donors (Lipinski definition) is 1.